The third-order valence-corrected chi connectivity index (χ3v) is 4.83. The van der Waals surface area contributed by atoms with Crippen LogP contribution in [0.1, 0.15) is 81.1 Å². The highest BCUT2D eigenvalue weighted by Crippen LogP contribution is 2.11. The van der Waals surface area contributed by atoms with Crippen molar-refractivity contribution in [1.82, 2.24) is 10.2 Å². The monoisotopic (exact) mass is 375 g/mol. The second kappa shape index (κ2) is 15.6. The van der Waals surface area contributed by atoms with Gasteiger partial charge in [0, 0.05) is 18.7 Å². The Bertz CT molecular complexity index is 488. The first-order valence-corrected chi connectivity index (χ1v) is 10.9. The zero-order valence-electron chi connectivity index (χ0n) is 17.5. The molecule has 0 aliphatic carbocycles. The minimum atomic E-state index is -0.0424. The third-order valence-electron chi connectivity index (χ3n) is 4.83. The molecule has 0 fully saturated rings. The van der Waals surface area contributed by atoms with E-state index in [0.717, 1.165) is 63.0 Å². The van der Waals surface area contributed by atoms with Gasteiger partial charge in [0.1, 0.15) is 0 Å². The number of benzene rings is 1. The molecule has 1 radical (unpaired) electrons. The van der Waals surface area contributed by atoms with E-state index in [0.29, 0.717) is 6.42 Å². The highest BCUT2D eigenvalue weighted by Gasteiger charge is 2.14. The van der Waals surface area contributed by atoms with Gasteiger partial charge in [0.15, 0.2) is 0 Å². The van der Waals surface area contributed by atoms with Crippen LogP contribution in [0.4, 0.5) is 0 Å². The van der Waals surface area contributed by atoms with Gasteiger partial charge in [-0.2, -0.15) is 0 Å². The fourth-order valence-corrected chi connectivity index (χ4v) is 3.21. The Labute approximate surface area is 166 Å². The van der Waals surface area contributed by atoms with Crippen molar-refractivity contribution in [1.29, 1.82) is 0 Å². The van der Waals surface area contributed by atoms with E-state index in [2.05, 4.69) is 19.2 Å². The Morgan fingerprint density at radius 1 is 0.852 bits per heavy atom. The standard InChI is InChI=1S/C23H39N2O2/c1-3-5-7-16-24-17-8-6-9-19-25(18-4-2)23(27)22-14-12-21(13-15-22)11-10-20-26/h12-15,24H,3-11,16-20H2,1-2H3. The SMILES string of the molecule is CCCCCNCCCCCN(CCC)C(=O)c1ccc(CCC[O])cc1. The first-order chi connectivity index (χ1) is 13.2. The first-order valence-electron chi connectivity index (χ1n) is 10.9. The van der Waals surface area contributed by atoms with E-state index >= 15 is 0 Å². The molecule has 0 spiro atoms. The Hall–Kier alpha value is -1.39. The number of carbonyl (C=O) groups excluding carboxylic acids is 1. The van der Waals surface area contributed by atoms with Crippen LogP contribution < -0.4 is 5.32 Å². The number of nitrogens with zero attached hydrogens (tertiary/aromatic N) is 1. The normalized spacial score (nSPS) is 10.9. The summed E-state index contributed by atoms with van der Waals surface area (Å²) in [5.41, 5.74) is 1.89. The predicted molar refractivity (Wildman–Crippen MR) is 113 cm³/mol. The van der Waals surface area contributed by atoms with Gasteiger partial charge in [-0.05, 0) is 69.3 Å². The Morgan fingerprint density at radius 3 is 2.19 bits per heavy atom. The van der Waals surface area contributed by atoms with Crippen molar-refractivity contribution in [2.45, 2.75) is 71.6 Å². The van der Waals surface area contributed by atoms with Crippen molar-refractivity contribution in [3.63, 3.8) is 0 Å². The van der Waals surface area contributed by atoms with E-state index in [1.165, 1.54) is 25.7 Å². The van der Waals surface area contributed by atoms with Gasteiger partial charge in [0.05, 0.1) is 6.61 Å². The molecule has 0 heterocycles. The second-order valence-corrected chi connectivity index (χ2v) is 7.31. The molecular weight excluding hydrogens is 336 g/mol. The van der Waals surface area contributed by atoms with Gasteiger partial charge in [-0.15, -0.1) is 0 Å². The maximum Gasteiger partial charge on any atom is 0.253 e. The summed E-state index contributed by atoms with van der Waals surface area (Å²) in [6.45, 7) is 8.15. The van der Waals surface area contributed by atoms with Crippen molar-refractivity contribution in [3.8, 4) is 0 Å². The van der Waals surface area contributed by atoms with Crippen molar-refractivity contribution in [2.75, 3.05) is 32.8 Å². The van der Waals surface area contributed by atoms with Crippen molar-refractivity contribution >= 4 is 5.91 Å². The van der Waals surface area contributed by atoms with Crippen LogP contribution in [0.5, 0.6) is 0 Å². The lowest BCUT2D eigenvalue weighted by molar-refractivity contribution is 0.0752. The van der Waals surface area contributed by atoms with Crippen LogP contribution >= 0.6 is 0 Å². The molecule has 0 aliphatic rings. The summed E-state index contributed by atoms with van der Waals surface area (Å²) in [7, 11) is 0. The highest BCUT2D eigenvalue weighted by atomic mass is 16.2. The van der Waals surface area contributed by atoms with Crippen LogP contribution in [0.25, 0.3) is 0 Å². The molecule has 0 unspecified atom stereocenters. The number of aryl methyl sites for hydroxylation is 1. The van der Waals surface area contributed by atoms with E-state index in [4.69, 9.17) is 0 Å². The second-order valence-electron chi connectivity index (χ2n) is 7.31. The molecule has 1 amide bonds. The van der Waals surface area contributed by atoms with Crippen molar-refractivity contribution in [3.05, 3.63) is 35.4 Å². The average molecular weight is 376 g/mol. The van der Waals surface area contributed by atoms with Gasteiger partial charge >= 0.3 is 0 Å². The van der Waals surface area contributed by atoms with Crippen LogP contribution in [0.15, 0.2) is 24.3 Å². The molecule has 0 saturated heterocycles. The van der Waals surface area contributed by atoms with Gasteiger partial charge < -0.3 is 10.2 Å². The maximum atomic E-state index is 12.8. The summed E-state index contributed by atoms with van der Waals surface area (Å²) in [6.07, 6.45) is 9.66. The molecule has 27 heavy (non-hydrogen) atoms. The van der Waals surface area contributed by atoms with Gasteiger partial charge in [-0.1, -0.05) is 45.2 Å². The molecule has 0 bridgehead atoms. The number of amides is 1. The van der Waals surface area contributed by atoms with Gasteiger partial charge in [-0.25, -0.2) is 5.11 Å². The molecule has 153 valence electrons. The van der Waals surface area contributed by atoms with Gasteiger partial charge in [0.25, 0.3) is 5.91 Å². The van der Waals surface area contributed by atoms with Crippen molar-refractivity contribution in [2.24, 2.45) is 0 Å². The summed E-state index contributed by atoms with van der Waals surface area (Å²) < 4.78 is 0. The summed E-state index contributed by atoms with van der Waals surface area (Å²) in [4.78, 5) is 14.8. The van der Waals surface area contributed by atoms with E-state index < -0.39 is 0 Å². The lowest BCUT2D eigenvalue weighted by Gasteiger charge is -2.22. The number of hydrogen-bond donors (Lipinski definition) is 1. The number of unbranched alkanes of at least 4 members (excludes halogenated alkanes) is 4. The largest absolute Gasteiger partial charge is 0.339 e. The predicted octanol–water partition coefficient (Wildman–Crippen LogP) is 4.85. The Balaban J connectivity index is 2.33. The molecule has 0 aliphatic heterocycles. The summed E-state index contributed by atoms with van der Waals surface area (Å²) in [6, 6.07) is 7.78. The number of rotatable bonds is 16. The Morgan fingerprint density at radius 2 is 1.56 bits per heavy atom. The van der Waals surface area contributed by atoms with E-state index in [-0.39, 0.29) is 12.5 Å². The first kappa shape index (κ1) is 23.6. The summed E-state index contributed by atoms with van der Waals surface area (Å²) >= 11 is 0. The highest BCUT2D eigenvalue weighted by molar-refractivity contribution is 5.94. The number of hydrogen-bond acceptors (Lipinski definition) is 2. The van der Waals surface area contributed by atoms with E-state index in [1.807, 2.05) is 29.2 Å². The lowest BCUT2D eigenvalue weighted by atomic mass is 10.1. The van der Waals surface area contributed by atoms with Gasteiger partial charge in [-0.3, -0.25) is 4.79 Å². The molecule has 1 N–H and O–H groups in total. The molecule has 0 atom stereocenters. The molecule has 1 aromatic carbocycles. The number of carbonyl (C=O) groups is 1. The molecule has 0 saturated carbocycles. The molecular formula is C23H39N2O2. The fraction of sp³-hybridized carbons (Fsp3) is 0.696. The molecule has 0 aromatic heterocycles. The Kier molecular flexibility index (Phi) is 13.7. The minimum Gasteiger partial charge on any atom is -0.339 e. The van der Waals surface area contributed by atoms with Crippen LogP contribution in [-0.4, -0.2) is 43.6 Å². The number of nitrogens with one attached hydrogen (secondary N) is 1. The summed E-state index contributed by atoms with van der Waals surface area (Å²) in [5.74, 6) is 0.130. The fourth-order valence-electron chi connectivity index (χ4n) is 3.21. The topological polar surface area (TPSA) is 52.2 Å². The van der Waals surface area contributed by atoms with E-state index in [9.17, 15) is 9.90 Å². The maximum absolute atomic E-state index is 12.8. The van der Waals surface area contributed by atoms with Crippen LogP contribution in [-0.2, 0) is 11.5 Å². The average Bonchev–Trinajstić information content (AvgIpc) is 2.70. The van der Waals surface area contributed by atoms with Crippen LogP contribution in [0.2, 0.25) is 0 Å². The third kappa shape index (κ3) is 10.5. The van der Waals surface area contributed by atoms with Crippen LogP contribution in [0, 0.1) is 0 Å². The molecule has 4 nitrogen and oxygen atoms in total. The zero-order chi connectivity index (χ0) is 19.7. The summed E-state index contributed by atoms with van der Waals surface area (Å²) in [5, 5.41) is 14.1. The molecule has 4 heteroatoms. The van der Waals surface area contributed by atoms with Gasteiger partial charge in [0.2, 0.25) is 0 Å². The quantitative estimate of drug-likeness (QED) is 0.420. The van der Waals surface area contributed by atoms with Crippen molar-refractivity contribution < 1.29 is 9.90 Å². The lowest BCUT2D eigenvalue weighted by Crippen LogP contribution is -2.32. The zero-order valence-corrected chi connectivity index (χ0v) is 17.5. The van der Waals surface area contributed by atoms with E-state index in [1.54, 1.807) is 0 Å². The van der Waals surface area contributed by atoms with Crippen LogP contribution in [0.3, 0.4) is 0 Å². The minimum absolute atomic E-state index is 0.0424. The molecule has 1 aromatic rings. The molecule has 1 rings (SSSR count). The smallest absolute Gasteiger partial charge is 0.253 e.